The van der Waals surface area contributed by atoms with Crippen molar-refractivity contribution in [2.45, 2.75) is 19.5 Å². The Bertz CT molecular complexity index is 388. The Balaban J connectivity index is 2.58. The minimum absolute atomic E-state index is 0.111. The van der Waals surface area contributed by atoms with Crippen LogP contribution in [-0.2, 0) is 16.1 Å². The number of hydrogen-bond donors (Lipinski definition) is 3. The van der Waals surface area contributed by atoms with Crippen LogP contribution < -0.4 is 10.6 Å². The predicted octanol–water partition coefficient (Wildman–Crippen LogP) is -0.486. The Morgan fingerprint density at radius 2 is 2.31 bits per heavy atom. The monoisotopic (exact) mass is 226 g/mol. The number of aliphatic carboxylic acids is 1. The molecule has 1 amide bonds. The average molecular weight is 226 g/mol. The Kier molecular flexibility index (Phi) is 3.87. The zero-order valence-corrected chi connectivity index (χ0v) is 9.10. The fraction of sp³-hybridized carbons (Fsp3) is 0.444. The second kappa shape index (κ2) is 5.15. The fourth-order valence-corrected chi connectivity index (χ4v) is 1.06. The number of carbonyl (C=O) groups excluding carboxylic acids is 1. The van der Waals surface area contributed by atoms with E-state index in [4.69, 9.17) is 5.11 Å². The van der Waals surface area contributed by atoms with Crippen LogP contribution in [0, 0.1) is 0 Å². The lowest BCUT2D eigenvalue weighted by molar-refractivity contribution is -0.137. The van der Waals surface area contributed by atoms with E-state index in [0.717, 1.165) is 0 Å². The molecule has 1 unspecified atom stereocenters. The van der Waals surface area contributed by atoms with Gasteiger partial charge in [-0.15, -0.1) is 0 Å². The van der Waals surface area contributed by atoms with E-state index >= 15 is 0 Å². The molecule has 0 aliphatic carbocycles. The van der Waals surface area contributed by atoms with Crippen molar-refractivity contribution >= 4 is 17.6 Å². The summed E-state index contributed by atoms with van der Waals surface area (Å²) in [6.07, 6.45) is 3.05. The maximum atomic E-state index is 11.0. The summed E-state index contributed by atoms with van der Waals surface area (Å²) in [7, 11) is 1.54. The third kappa shape index (κ3) is 3.26. The second-order valence-electron chi connectivity index (χ2n) is 3.30. The van der Waals surface area contributed by atoms with Crippen LogP contribution in [0.1, 0.15) is 6.92 Å². The van der Waals surface area contributed by atoms with Crippen LogP contribution in [0.25, 0.3) is 0 Å². The van der Waals surface area contributed by atoms with Gasteiger partial charge in [-0.1, -0.05) is 0 Å². The molecule has 1 aromatic heterocycles. The molecule has 3 N–H and O–H groups in total. The molecule has 1 atom stereocenters. The first-order chi connectivity index (χ1) is 7.52. The summed E-state index contributed by atoms with van der Waals surface area (Å²) < 4.78 is 1.43. The maximum absolute atomic E-state index is 11.0. The molecule has 0 spiro atoms. The topological polar surface area (TPSA) is 96.2 Å². The van der Waals surface area contributed by atoms with Gasteiger partial charge >= 0.3 is 5.97 Å². The van der Waals surface area contributed by atoms with E-state index in [1.54, 1.807) is 6.20 Å². The molecule has 0 fully saturated rings. The number of carboxylic acid groups (broad SMARTS) is 1. The lowest BCUT2D eigenvalue weighted by atomic mass is 10.3. The first-order valence-electron chi connectivity index (χ1n) is 4.75. The lowest BCUT2D eigenvalue weighted by Gasteiger charge is -2.07. The molecular weight excluding hydrogens is 212 g/mol. The molecule has 1 heterocycles. The number of hydrogen-bond acceptors (Lipinski definition) is 4. The van der Waals surface area contributed by atoms with Gasteiger partial charge in [0.15, 0.2) is 0 Å². The quantitative estimate of drug-likeness (QED) is 0.629. The Labute approximate surface area is 92.4 Å². The van der Waals surface area contributed by atoms with Gasteiger partial charge in [0.05, 0.1) is 11.9 Å². The van der Waals surface area contributed by atoms with Crippen molar-refractivity contribution in [3.05, 3.63) is 12.4 Å². The molecule has 0 saturated heterocycles. The van der Waals surface area contributed by atoms with E-state index in [9.17, 15) is 9.59 Å². The highest BCUT2D eigenvalue weighted by molar-refractivity contribution is 5.77. The molecule has 16 heavy (non-hydrogen) atoms. The van der Waals surface area contributed by atoms with Crippen LogP contribution in [0.5, 0.6) is 0 Å². The molecular formula is C9H14N4O3. The summed E-state index contributed by atoms with van der Waals surface area (Å²) >= 11 is 0. The smallest absolute Gasteiger partial charge is 0.325 e. The van der Waals surface area contributed by atoms with Crippen LogP contribution in [0.2, 0.25) is 0 Å². The summed E-state index contributed by atoms with van der Waals surface area (Å²) in [6, 6.07) is -0.697. The number of amides is 1. The molecule has 88 valence electrons. The van der Waals surface area contributed by atoms with Crippen LogP contribution in [0.3, 0.4) is 0 Å². The van der Waals surface area contributed by atoms with E-state index < -0.39 is 12.0 Å². The maximum Gasteiger partial charge on any atom is 0.325 e. The number of rotatable bonds is 5. The lowest BCUT2D eigenvalue weighted by Crippen LogP contribution is -2.25. The number of anilines is 1. The number of nitrogens with one attached hydrogen (secondary N) is 2. The summed E-state index contributed by atoms with van der Waals surface area (Å²) in [5.41, 5.74) is 0.568. The largest absolute Gasteiger partial charge is 0.480 e. The molecule has 0 aromatic carbocycles. The van der Waals surface area contributed by atoms with E-state index in [1.165, 1.54) is 24.9 Å². The highest BCUT2D eigenvalue weighted by Gasteiger charge is 2.11. The fourth-order valence-electron chi connectivity index (χ4n) is 1.06. The molecule has 0 saturated carbocycles. The Hall–Kier alpha value is -2.05. The van der Waals surface area contributed by atoms with E-state index in [1.807, 2.05) is 0 Å². The van der Waals surface area contributed by atoms with Gasteiger partial charge in [-0.3, -0.25) is 14.3 Å². The molecule has 0 radical (unpaired) electrons. The van der Waals surface area contributed by atoms with E-state index in [-0.39, 0.29) is 12.5 Å². The standard InChI is InChI=1S/C9H14N4O3/c1-6(9(15)16)12-7-3-11-13(4-7)5-8(14)10-2/h3-4,6,12H,5H2,1-2H3,(H,10,14)(H,15,16). The number of likely N-dealkylation sites (N-methyl/N-ethyl adjacent to an activating group) is 1. The molecule has 0 aliphatic rings. The van der Waals surface area contributed by atoms with Crippen molar-refractivity contribution in [2.24, 2.45) is 0 Å². The van der Waals surface area contributed by atoms with Gasteiger partial charge in [-0.25, -0.2) is 0 Å². The van der Waals surface area contributed by atoms with Crippen molar-refractivity contribution in [2.75, 3.05) is 12.4 Å². The van der Waals surface area contributed by atoms with Gasteiger partial charge in [-0.2, -0.15) is 5.10 Å². The first-order valence-corrected chi connectivity index (χ1v) is 4.75. The number of carboxylic acids is 1. The predicted molar refractivity (Wildman–Crippen MR) is 57.0 cm³/mol. The number of carbonyl (C=O) groups is 2. The van der Waals surface area contributed by atoms with Crippen LogP contribution in [0.15, 0.2) is 12.4 Å². The minimum Gasteiger partial charge on any atom is -0.480 e. The van der Waals surface area contributed by atoms with Gasteiger partial charge in [0.1, 0.15) is 12.6 Å². The van der Waals surface area contributed by atoms with Crippen molar-refractivity contribution < 1.29 is 14.7 Å². The normalized spacial score (nSPS) is 11.9. The van der Waals surface area contributed by atoms with Crippen LogP contribution >= 0.6 is 0 Å². The highest BCUT2D eigenvalue weighted by Crippen LogP contribution is 2.06. The third-order valence-electron chi connectivity index (χ3n) is 1.97. The van der Waals surface area contributed by atoms with Crippen LogP contribution in [-0.4, -0.2) is 39.9 Å². The van der Waals surface area contributed by atoms with Crippen molar-refractivity contribution in [1.29, 1.82) is 0 Å². The van der Waals surface area contributed by atoms with Crippen molar-refractivity contribution in [1.82, 2.24) is 15.1 Å². The molecule has 1 aromatic rings. The minimum atomic E-state index is -0.945. The summed E-state index contributed by atoms with van der Waals surface area (Å²) in [4.78, 5) is 21.6. The Morgan fingerprint density at radius 1 is 1.62 bits per heavy atom. The van der Waals surface area contributed by atoms with E-state index in [2.05, 4.69) is 15.7 Å². The number of aromatic nitrogens is 2. The van der Waals surface area contributed by atoms with Crippen molar-refractivity contribution in [3.63, 3.8) is 0 Å². The molecule has 0 aliphatic heterocycles. The van der Waals surface area contributed by atoms with Crippen molar-refractivity contribution in [3.8, 4) is 0 Å². The third-order valence-corrected chi connectivity index (χ3v) is 1.97. The van der Waals surface area contributed by atoms with Gasteiger partial charge in [0.25, 0.3) is 0 Å². The van der Waals surface area contributed by atoms with Gasteiger partial charge in [-0.05, 0) is 6.92 Å². The summed E-state index contributed by atoms with van der Waals surface area (Å²) in [5, 5.41) is 17.8. The molecule has 1 rings (SSSR count). The second-order valence-corrected chi connectivity index (χ2v) is 3.30. The van der Waals surface area contributed by atoms with Gasteiger partial charge in [0, 0.05) is 13.2 Å². The molecule has 7 heteroatoms. The average Bonchev–Trinajstić information content (AvgIpc) is 2.65. The zero-order chi connectivity index (χ0) is 12.1. The van der Waals surface area contributed by atoms with Gasteiger partial charge < -0.3 is 15.7 Å². The summed E-state index contributed by atoms with van der Waals surface area (Å²) in [6.45, 7) is 1.64. The van der Waals surface area contributed by atoms with Crippen LogP contribution in [0.4, 0.5) is 5.69 Å². The SMILES string of the molecule is CNC(=O)Cn1cc(NC(C)C(=O)O)cn1. The molecule has 7 nitrogen and oxygen atoms in total. The molecule has 0 bridgehead atoms. The van der Waals surface area contributed by atoms with Gasteiger partial charge in [0.2, 0.25) is 5.91 Å². The highest BCUT2D eigenvalue weighted by atomic mass is 16.4. The number of nitrogens with zero attached hydrogens (tertiary/aromatic N) is 2. The zero-order valence-electron chi connectivity index (χ0n) is 9.10. The Morgan fingerprint density at radius 3 is 2.88 bits per heavy atom. The first kappa shape index (κ1) is 12.0. The van der Waals surface area contributed by atoms with E-state index in [0.29, 0.717) is 5.69 Å². The summed E-state index contributed by atoms with van der Waals surface area (Å²) in [5.74, 6) is -1.11.